The summed E-state index contributed by atoms with van der Waals surface area (Å²) in [6.45, 7) is 4.12. The number of anilines is 1. The highest BCUT2D eigenvalue weighted by Gasteiger charge is 2.28. The summed E-state index contributed by atoms with van der Waals surface area (Å²) in [7, 11) is 3.40. The predicted octanol–water partition coefficient (Wildman–Crippen LogP) is 1.45. The van der Waals surface area contributed by atoms with Crippen LogP contribution in [0.2, 0.25) is 0 Å². The van der Waals surface area contributed by atoms with Crippen LogP contribution in [0, 0.1) is 0 Å². The smallest absolute Gasteiger partial charge is 0.338 e. The third-order valence-corrected chi connectivity index (χ3v) is 3.96. The summed E-state index contributed by atoms with van der Waals surface area (Å²) in [6.07, 6.45) is 3.79. The SMILES string of the molecule is CNC1(C)CCN(c2cc(C(=O)OC)ccn2)CC1. The molecule has 0 radical (unpaired) electrons. The number of piperidine rings is 1. The summed E-state index contributed by atoms with van der Waals surface area (Å²) in [5.74, 6) is 0.529. The van der Waals surface area contributed by atoms with E-state index in [9.17, 15) is 4.79 Å². The minimum absolute atomic E-state index is 0.205. The highest BCUT2D eigenvalue weighted by atomic mass is 16.5. The second kappa shape index (κ2) is 5.57. The third-order valence-electron chi connectivity index (χ3n) is 3.96. The second-order valence-electron chi connectivity index (χ2n) is 5.19. The first-order valence-corrected chi connectivity index (χ1v) is 6.56. The van der Waals surface area contributed by atoms with E-state index in [4.69, 9.17) is 4.74 Å². The third kappa shape index (κ3) is 3.04. The van der Waals surface area contributed by atoms with Crippen molar-refractivity contribution in [3.63, 3.8) is 0 Å². The van der Waals surface area contributed by atoms with Crippen LogP contribution >= 0.6 is 0 Å². The predicted molar refractivity (Wildman–Crippen MR) is 74.5 cm³/mol. The summed E-state index contributed by atoms with van der Waals surface area (Å²) in [4.78, 5) is 18.1. The number of pyridine rings is 1. The maximum absolute atomic E-state index is 11.5. The molecule has 1 saturated heterocycles. The molecule has 1 aliphatic rings. The van der Waals surface area contributed by atoms with Gasteiger partial charge in [-0.25, -0.2) is 9.78 Å². The van der Waals surface area contributed by atoms with Crippen LogP contribution in [0.3, 0.4) is 0 Å². The van der Waals surface area contributed by atoms with Crippen molar-refractivity contribution in [1.29, 1.82) is 0 Å². The standard InChI is InChI=1S/C14H21N3O2/c1-14(15-2)5-8-17(9-6-14)12-10-11(4-7-16-12)13(18)19-3/h4,7,10,15H,5-6,8-9H2,1-3H3. The molecular weight excluding hydrogens is 242 g/mol. The van der Waals surface area contributed by atoms with Crippen molar-refractivity contribution in [2.75, 3.05) is 32.1 Å². The van der Waals surface area contributed by atoms with Crippen molar-refractivity contribution < 1.29 is 9.53 Å². The van der Waals surface area contributed by atoms with E-state index >= 15 is 0 Å². The fourth-order valence-corrected chi connectivity index (χ4v) is 2.32. The molecule has 0 amide bonds. The summed E-state index contributed by atoms with van der Waals surface area (Å²) >= 11 is 0. The zero-order chi connectivity index (χ0) is 13.9. The van der Waals surface area contributed by atoms with Crippen molar-refractivity contribution in [2.45, 2.75) is 25.3 Å². The summed E-state index contributed by atoms with van der Waals surface area (Å²) < 4.78 is 4.73. The lowest BCUT2D eigenvalue weighted by Crippen LogP contribution is -2.50. The van der Waals surface area contributed by atoms with E-state index in [0.717, 1.165) is 31.7 Å². The largest absolute Gasteiger partial charge is 0.465 e. The van der Waals surface area contributed by atoms with Gasteiger partial charge >= 0.3 is 5.97 Å². The number of nitrogens with zero attached hydrogens (tertiary/aromatic N) is 2. The number of hydrogen-bond donors (Lipinski definition) is 1. The average Bonchev–Trinajstić information content (AvgIpc) is 2.47. The average molecular weight is 263 g/mol. The maximum Gasteiger partial charge on any atom is 0.338 e. The zero-order valence-corrected chi connectivity index (χ0v) is 11.8. The van der Waals surface area contributed by atoms with Gasteiger partial charge in [0.1, 0.15) is 5.82 Å². The number of methoxy groups -OCH3 is 1. The van der Waals surface area contributed by atoms with Crippen LogP contribution < -0.4 is 10.2 Å². The van der Waals surface area contributed by atoms with E-state index < -0.39 is 0 Å². The fraction of sp³-hybridized carbons (Fsp3) is 0.571. The van der Waals surface area contributed by atoms with Gasteiger partial charge in [-0.2, -0.15) is 0 Å². The molecule has 0 spiro atoms. The highest BCUT2D eigenvalue weighted by Crippen LogP contribution is 2.25. The van der Waals surface area contributed by atoms with Gasteiger partial charge in [0.05, 0.1) is 12.7 Å². The van der Waals surface area contributed by atoms with Crippen LogP contribution in [0.4, 0.5) is 5.82 Å². The number of ether oxygens (including phenoxy) is 1. The first kappa shape index (κ1) is 13.8. The Bertz CT molecular complexity index is 454. The van der Waals surface area contributed by atoms with E-state index in [1.165, 1.54) is 7.11 Å². The molecule has 1 fully saturated rings. The highest BCUT2D eigenvalue weighted by molar-refractivity contribution is 5.90. The first-order chi connectivity index (χ1) is 9.08. The number of nitrogens with one attached hydrogen (secondary N) is 1. The topological polar surface area (TPSA) is 54.5 Å². The van der Waals surface area contributed by atoms with E-state index in [0.29, 0.717) is 5.56 Å². The number of carbonyl (C=O) groups excluding carboxylic acids is 1. The molecule has 0 aliphatic carbocycles. The van der Waals surface area contributed by atoms with Crippen LogP contribution in [0.5, 0.6) is 0 Å². The van der Waals surface area contributed by atoms with Gasteiger partial charge in [0.25, 0.3) is 0 Å². The minimum atomic E-state index is -0.319. The number of carbonyl (C=O) groups is 1. The van der Waals surface area contributed by atoms with Crippen molar-refractivity contribution >= 4 is 11.8 Å². The molecule has 2 rings (SSSR count). The molecule has 1 aliphatic heterocycles. The van der Waals surface area contributed by atoms with Crippen LogP contribution in [-0.2, 0) is 4.74 Å². The number of hydrogen-bond acceptors (Lipinski definition) is 5. The Hall–Kier alpha value is -1.62. The quantitative estimate of drug-likeness (QED) is 0.836. The number of aromatic nitrogens is 1. The fourth-order valence-electron chi connectivity index (χ4n) is 2.32. The summed E-state index contributed by atoms with van der Waals surface area (Å²) in [5.41, 5.74) is 0.755. The van der Waals surface area contributed by atoms with Gasteiger partial charge in [-0.3, -0.25) is 0 Å². The van der Waals surface area contributed by atoms with Gasteiger partial charge in [0.2, 0.25) is 0 Å². The second-order valence-corrected chi connectivity index (χ2v) is 5.19. The van der Waals surface area contributed by atoms with E-state index in [1.54, 1.807) is 18.3 Å². The molecule has 104 valence electrons. The molecule has 0 bridgehead atoms. The van der Waals surface area contributed by atoms with Crippen LogP contribution in [0.25, 0.3) is 0 Å². The molecular formula is C14H21N3O2. The normalized spacial score (nSPS) is 18.2. The van der Waals surface area contributed by atoms with Gasteiger partial charge in [-0.15, -0.1) is 0 Å². The van der Waals surface area contributed by atoms with Crippen molar-refractivity contribution in [1.82, 2.24) is 10.3 Å². The molecule has 1 aromatic heterocycles. The molecule has 0 atom stereocenters. The molecule has 0 unspecified atom stereocenters. The number of rotatable bonds is 3. The van der Waals surface area contributed by atoms with E-state index in [2.05, 4.69) is 22.1 Å². The molecule has 5 heteroatoms. The minimum Gasteiger partial charge on any atom is -0.465 e. The summed E-state index contributed by atoms with van der Waals surface area (Å²) in [5, 5.41) is 3.37. The lowest BCUT2D eigenvalue weighted by Gasteiger charge is -2.39. The lowest BCUT2D eigenvalue weighted by atomic mass is 9.90. The Morgan fingerprint density at radius 3 is 2.74 bits per heavy atom. The molecule has 1 aromatic rings. The zero-order valence-electron chi connectivity index (χ0n) is 11.8. The summed E-state index contributed by atoms with van der Waals surface area (Å²) in [6, 6.07) is 3.48. The first-order valence-electron chi connectivity index (χ1n) is 6.56. The van der Waals surface area contributed by atoms with Gasteiger partial charge in [-0.1, -0.05) is 0 Å². The monoisotopic (exact) mass is 263 g/mol. The van der Waals surface area contributed by atoms with Crippen LogP contribution in [-0.4, -0.2) is 43.7 Å². The van der Waals surface area contributed by atoms with E-state index in [-0.39, 0.29) is 11.5 Å². The van der Waals surface area contributed by atoms with Gasteiger partial charge < -0.3 is 15.0 Å². The molecule has 2 heterocycles. The molecule has 5 nitrogen and oxygen atoms in total. The van der Waals surface area contributed by atoms with Crippen LogP contribution in [0.15, 0.2) is 18.3 Å². The van der Waals surface area contributed by atoms with Crippen molar-refractivity contribution in [3.8, 4) is 0 Å². The van der Waals surface area contributed by atoms with Gasteiger partial charge in [0, 0.05) is 24.8 Å². The van der Waals surface area contributed by atoms with Gasteiger partial charge in [-0.05, 0) is 38.9 Å². The molecule has 1 N–H and O–H groups in total. The maximum atomic E-state index is 11.5. The van der Waals surface area contributed by atoms with Gasteiger partial charge in [0.15, 0.2) is 0 Å². The Kier molecular flexibility index (Phi) is 4.04. The Morgan fingerprint density at radius 2 is 2.16 bits per heavy atom. The Morgan fingerprint density at radius 1 is 1.47 bits per heavy atom. The van der Waals surface area contributed by atoms with Crippen molar-refractivity contribution in [2.24, 2.45) is 0 Å². The lowest BCUT2D eigenvalue weighted by molar-refractivity contribution is 0.0600. The molecule has 19 heavy (non-hydrogen) atoms. The Labute approximate surface area is 114 Å². The number of esters is 1. The van der Waals surface area contributed by atoms with Crippen molar-refractivity contribution in [3.05, 3.63) is 23.9 Å². The van der Waals surface area contributed by atoms with Crippen LogP contribution in [0.1, 0.15) is 30.1 Å². The molecule has 0 saturated carbocycles. The Balaban J connectivity index is 2.09. The molecule has 0 aromatic carbocycles. The van der Waals surface area contributed by atoms with E-state index in [1.807, 2.05) is 7.05 Å².